The molecule has 0 aliphatic carbocycles. The Morgan fingerprint density at radius 2 is 1.72 bits per heavy atom. The molecule has 0 spiro atoms. The number of nitrogens with one attached hydrogen (secondary N) is 1. The number of nitrogens with zero attached hydrogens (tertiary/aromatic N) is 2. The molecule has 3 aromatic carbocycles. The molecule has 1 N–H and O–H groups in total. The Morgan fingerprint density at radius 3 is 2.38 bits per heavy atom. The van der Waals surface area contributed by atoms with Crippen LogP contribution in [0.1, 0.15) is 34.0 Å². The largest absolute Gasteiger partial charge is 0.465 e. The van der Waals surface area contributed by atoms with E-state index in [1.165, 1.54) is 25.3 Å². The molecule has 160 valence electrons. The van der Waals surface area contributed by atoms with Crippen molar-refractivity contribution >= 4 is 21.7 Å². The van der Waals surface area contributed by atoms with Gasteiger partial charge in [-0.05, 0) is 53.9 Å². The Labute approximate surface area is 186 Å². The lowest BCUT2D eigenvalue weighted by Gasteiger charge is -2.16. The highest BCUT2D eigenvalue weighted by Crippen LogP contribution is 2.32. The fourth-order valence-electron chi connectivity index (χ4n) is 3.25. The van der Waals surface area contributed by atoms with Crippen molar-refractivity contribution in [3.05, 3.63) is 82.9 Å². The molecule has 0 bridgehead atoms. The predicted octanol–water partition coefficient (Wildman–Crippen LogP) is 4.25. The summed E-state index contributed by atoms with van der Waals surface area (Å²) in [7, 11) is -2.90. The number of hydrogen-bond acceptors (Lipinski definition) is 6. The fourth-order valence-corrected chi connectivity index (χ4v) is 4.66. The van der Waals surface area contributed by atoms with E-state index in [9.17, 15) is 23.7 Å². The summed E-state index contributed by atoms with van der Waals surface area (Å²) in [5, 5.41) is 18.5. The zero-order chi connectivity index (χ0) is 23.3. The smallest absolute Gasteiger partial charge is 0.337 e. The quantitative estimate of drug-likeness (QED) is 0.567. The first-order valence-electron chi connectivity index (χ1n) is 9.61. The van der Waals surface area contributed by atoms with E-state index in [0.29, 0.717) is 28.7 Å². The molecule has 7 nitrogen and oxygen atoms in total. The first-order valence-corrected chi connectivity index (χ1v) is 11.1. The molecule has 3 aromatic rings. The number of methoxy groups -OCH3 is 1. The van der Waals surface area contributed by atoms with Crippen molar-refractivity contribution in [1.29, 1.82) is 10.5 Å². The fraction of sp³-hybridized carbons (Fsp3) is 0.125. The normalized spacial score (nSPS) is 10.6. The summed E-state index contributed by atoms with van der Waals surface area (Å²) >= 11 is 0. The van der Waals surface area contributed by atoms with E-state index in [2.05, 4.69) is 10.8 Å². The van der Waals surface area contributed by atoms with Gasteiger partial charge in [0.25, 0.3) is 10.0 Å². The van der Waals surface area contributed by atoms with Crippen LogP contribution in [0, 0.1) is 22.7 Å². The Balaban J connectivity index is 2.15. The van der Waals surface area contributed by atoms with Gasteiger partial charge < -0.3 is 4.74 Å². The molecule has 0 saturated heterocycles. The van der Waals surface area contributed by atoms with Gasteiger partial charge in [0, 0.05) is 5.56 Å². The third kappa shape index (κ3) is 4.61. The van der Waals surface area contributed by atoms with Crippen molar-refractivity contribution in [2.24, 2.45) is 0 Å². The lowest BCUT2D eigenvalue weighted by Crippen LogP contribution is -2.17. The van der Waals surface area contributed by atoms with Crippen LogP contribution in [0.15, 0.2) is 65.6 Å². The van der Waals surface area contributed by atoms with Gasteiger partial charge in [0.2, 0.25) is 0 Å². The van der Waals surface area contributed by atoms with Crippen molar-refractivity contribution in [2.75, 3.05) is 11.8 Å². The van der Waals surface area contributed by atoms with E-state index in [1.807, 2.05) is 6.07 Å². The minimum absolute atomic E-state index is 0.0537. The maximum Gasteiger partial charge on any atom is 0.337 e. The third-order valence-electron chi connectivity index (χ3n) is 4.85. The van der Waals surface area contributed by atoms with Gasteiger partial charge in [-0.2, -0.15) is 10.5 Å². The number of benzene rings is 3. The average molecular weight is 446 g/mol. The van der Waals surface area contributed by atoms with Crippen LogP contribution in [0.2, 0.25) is 0 Å². The Morgan fingerprint density at radius 1 is 1.00 bits per heavy atom. The molecule has 0 radical (unpaired) electrons. The molecule has 0 atom stereocenters. The molecular weight excluding hydrogens is 426 g/mol. The van der Waals surface area contributed by atoms with Gasteiger partial charge in [0.05, 0.1) is 46.5 Å². The van der Waals surface area contributed by atoms with Gasteiger partial charge in [-0.1, -0.05) is 31.2 Å². The van der Waals surface area contributed by atoms with Gasteiger partial charge >= 0.3 is 5.97 Å². The summed E-state index contributed by atoms with van der Waals surface area (Å²) in [5.74, 6) is -0.649. The predicted molar refractivity (Wildman–Crippen MR) is 119 cm³/mol. The van der Waals surface area contributed by atoms with Crippen molar-refractivity contribution in [3.8, 4) is 23.3 Å². The van der Waals surface area contributed by atoms with E-state index in [0.717, 1.165) is 0 Å². The van der Waals surface area contributed by atoms with Gasteiger partial charge in [-0.25, -0.2) is 13.2 Å². The summed E-state index contributed by atoms with van der Waals surface area (Å²) in [4.78, 5) is 11.9. The number of ether oxygens (including phenoxy) is 1. The number of esters is 1. The molecule has 0 heterocycles. The first kappa shape index (κ1) is 22.5. The highest BCUT2D eigenvalue weighted by Gasteiger charge is 2.22. The van der Waals surface area contributed by atoms with E-state index >= 15 is 0 Å². The topological polar surface area (TPSA) is 120 Å². The molecule has 0 amide bonds. The Kier molecular flexibility index (Phi) is 6.58. The van der Waals surface area contributed by atoms with Crippen LogP contribution >= 0.6 is 0 Å². The van der Waals surface area contributed by atoms with Crippen molar-refractivity contribution in [3.63, 3.8) is 0 Å². The second-order valence-corrected chi connectivity index (χ2v) is 8.49. The standard InChI is InChI=1S/C24H19N3O4S/c1-3-18-8-9-20(24(28)31-2)13-23(18)32(29,30)27-22-12-17(15-26)7-10-21(22)19-6-4-5-16(11-19)14-25/h4-13,27H,3H2,1-2H3. The van der Waals surface area contributed by atoms with E-state index in [1.54, 1.807) is 49.4 Å². The maximum atomic E-state index is 13.4. The van der Waals surface area contributed by atoms with Crippen LogP contribution in [0.5, 0.6) is 0 Å². The third-order valence-corrected chi connectivity index (χ3v) is 6.30. The molecular formula is C24H19N3O4S. The summed E-state index contributed by atoms with van der Waals surface area (Å²) in [5.41, 5.74) is 2.62. The minimum Gasteiger partial charge on any atom is -0.465 e. The summed E-state index contributed by atoms with van der Waals surface area (Å²) in [6.07, 6.45) is 0.424. The summed E-state index contributed by atoms with van der Waals surface area (Å²) in [6.45, 7) is 1.81. The second-order valence-electron chi connectivity index (χ2n) is 6.84. The average Bonchev–Trinajstić information content (AvgIpc) is 2.82. The number of nitriles is 2. The first-order chi connectivity index (χ1) is 15.3. The molecule has 0 saturated carbocycles. The molecule has 0 aliphatic heterocycles. The molecule has 0 fully saturated rings. The lowest BCUT2D eigenvalue weighted by atomic mass is 10.0. The zero-order valence-electron chi connectivity index (χ0n) is 17.4. The van der Waals surface area contributed by atoms with E-state index < -0.39 is 16.0 Å². The van der Waals surface area contributed by atoms with Crippen LogP contribution in [-0.4, -0.2) is 21.5 Å². The summed E-state index contributed by atoms with van der Waals surface area (Å²) in [6, 6.07) is 19.8. The SMILES string of the molecule is CCc1ccc(C(=O)OC)cc1S(=O)(=O)Nc1cc(C#N)ccc1-c1cccc(C#N)c1. The van der Waals surface area contributed by atoms with Crippen LogP contribution in [-0.2, 0) is 21.2 Å². The molecule has 0 aromatic heterocycles. The number of hydrogen-bond donors (Lipinski definition) is 1. The van der Waals surface area contributed by atoms with Gasteiger partial charge in [0.1, 0.15) is 0 Å². The lowest BCUT2D eigenvalue weighted by molar-refractivity contribution is 0.0600. The number of carbonyl (C=O) groups is 1. The number of rotatable bonds is 6. The van der Waals surface area contributed by atoms with E-state index in [-0.39, 0.29) is 21.7 Å². The van der Waals surface area contributed by atoms with Crippen molar-refractivity contribution < 1.29 is 17.9 Å². The second kappa shape index (κ2) is 9.34. The van der Waals surface area contributed by atoms with Gasteiger partial charge in [-0.3, -0.25) is 4.72 Å². The number of sulfonamides is 1. The van der Waals surface area contributed by atoms with Crippen molar-refractivity contribution in [2.45, 2.75) is 18.2 Å². The van der Waals surface area contributed by atoms with Crippen LogP contribution < -0.4 is 4.72 Å². The Bertz CT molecular complexity index is 1380. The molecule has 0 aliphatic rings. The molecule has 8 heteroatoms. The monoisotopic (exact) mass is 445 g/mol. The molecule has 0 unspecified atom stereocenters. The number of anilines is 1. The highest BCUT2D eigenvalue weighted by molar-refractivity contribution is 7.92. The minimum atomic E-state index is -4.12. The van der Waals surface area contributed by atoms with E-state index in [4.69, 9.17) is 4.74 Å². The van der Waals surface area contributed by atoms with Gasteiger partial charge in [-0.15, -0.1) is 0 Å². The van der Waals surface area contributed by atoms with Gasteiger partial charge in [0.15, 0.2) is 0 Å². The van der Waals surface area contributed by atoms with Crippen LogP contribution in [0.4, 0.5) is 5.69 Å². The Hall–Kier alpha value is -4.14. The van der Waals surface area contributed by atoms with Crippen molar-refractivity contribution in [1.82, 2.24) is 0 Å². The maximum absolute atomic E-state index is 13.4. The zero-order valence-corrected chi connectivity index (χ0v) is 18.2. The molecule has 32 heavy (non-hydrogen) atoms. The number of aryl methyl sites for hydroxylation is 1. The van der Waals surface area contributed by atoms with Crippen LogP contribution in [0.25, 0.3) is 11.1 Å². The summed E-state index contributed by atoms with van der Waals surface area (Å²) < 4.78 is 34.0. The highest BCUT2D eigenvalue weighted by atomic mass is 32.2. The number of carbonyl (C=O) groups excluding carboxylic acids is 1. The molecule has 3 rings (SSSR count). The van der Waals surface area contributed by atoms with Crippen LogP contribution in [0.3, 0.4) is 0 Å².